The highest BCUT2D eigenvalue weighted by molar-refractivity contribution is 5.35. The van der Waals surface area contributed by atoms with E-state index in [9.17, 15) is 0 Å². The zero-order valence-electron chi connectivity index (χ0n) is 10.8. The molecule has 15 heavy (non-hydrogen) atoms. The molecule has 0 radical (unpaired) electrons. The largest absolute Gasteiger partial charge is 0.308 e. The van der Waals surface area contributed by atoms with Gasteiger partial charge in [-0.2, -0.15) is 0 Å². The normalized spacial score (nSPS) is 12.6. The highest BCUT2D eigenvalue weighted by Crippen LogP contribution is 2.15. The van der Waals surface area contributed by atoms with Gasteiger partial charge >= 0.3 is 0 Å². The fourth-order valence-electron chi connectivity index (χ4n) is 1.90. The maximum Gasteiger partial charge on any atom is 0.110 e. The molecule has 0 saturated carbocycles. The van der Waals surface area contributed by atoms with Crippen LogP contribution >= 0.6 is 0 Å². The summed E-state index contributed by atoms with van der Waals surface area (Å²) < 4.78 is 2.19. The van der Waals surface area contributed by atoms with Crippen molar-refractivity contribution in [2.45, 2.75) is 48.0 Å². The number of allylic oxidation sites excluding steroid dienone is 1. The summed E-state index contributed by atoms with van der Waals surface area (Å²) in [5.41, 5.74) is 3.78. The van der Waals surface area contributed by atoms with Crippen molar-refractivity contribution in [1.29, 1.82) is 0 Å². The van der Waals surface area contributed by atoms with E-state index in [0.29, 0.717) is 5.92 Å². The molecule has 0 fully saturated rings. The summed E-state index contributed by atoms with van der Waals surface area (Å²) in [5.74, 6) is 1.79. The minimum Gasteiger partial charge on any atom is -0.308 e. The molecule has 1 aromatic heterocycles. The van der Waals surface area contributed by atoms with Crippen molar-refractivity contribution in [3.05, 3.63) is 22.8 Å². The minimum atomic E-state index is 0.714. The number of imidazole rings is 1. The van der Waals surface area contributed by atoms with Gasteiger partial charge in [0.1, 0.15) is 5.82 Å². The fourth-order valence-corrected chi connectivity index (χ4v) is 1.90. The molecule has 84 valence electrons. The Kier molecular flexibility index (Phi) is 3.72. The third-order valence-electron chi connectivity index (χ3n) is 2.64. The van der Waals surface area contributed by atoms with Gasteiger partial charge in [-0.05, 0) is 40.0 Å². The quantitative estimate of drug-likeness (QED) is 0.737. The van der Waals surface area contributed by atoms with E-state index in [-0.39, 0.29) is 0 Å². The molecule has 2 nitrogen and oxygen atoms in total. The molecular formula is C13H22N2. The van der Waals surface area contributed by atoms with Crippen molar-refractivity contribution < 1.29 is 0 Å². The van der Waals surface area contributed by atoms with Gasteiger partial charge in [0.25, 0.3) is 0 Å². The van der Waals surface area contributed by atoms with Crippen LogP contribution in [0.2, 0.25) is 0 Å². The van der Waals surface area contributed by atoms with Crippen LogP contribution in [0, 0.1) is 26.7 Å². The van der Waals surface area contributed by atoms with Gasteiger partial charge in [-0.1, -0.05) is 19.4 Å². The zero-order chi connectivity index (χ0) is 11.6. The predicted molar refractivity (Wildman–Crippen MR) is 65.8 cm³/mol. The van der Waals surface area contributed by atoms with E-state index in [2.05, 4.69) is 57.3 Å². The van der Waals surface area contributed by atoms with Gasteiger partial charge in [0, 0.05) is 11.9 Å². The van der Waals surface area contributed by atoms with E-state index in [1.54, 1.807) is 0 Å². The lowest BCUT2D eigenvalue weighted by Gasteiger charge is -2.07. The first-order valence-corrected chi connectivity index (χ1v) is 5.61. The second kappa shape index (κ2) is 4.65. The molecule has 1 heterocycles. The molecule has 0 spiro atoms. The average molecular weight is 206 g/mol. The van der Waals surface area contributed by atoms with Crippen molar-refractivity contribution in [2.24, 2.45) is 5.92 Å². The molecule has 0 unspecified atom stereocenters. The summed E-state index contributed by atoms with van der Waals surface area (Å²) >= 11 is 0. The lowest BCUT2D eigenvalue weighted by atomic mass is 10.1. The summed E-state index contributed by atoms with van der Waals surface area (Å²) in [5, 5.41) is 0. The maximum atomic E-state index is 4.46. The Balaban J connectivity index is 2.97. The van der Waals surface area contributed by atoms with Crippen molar-refractivity contribution in [3.63, 3.8) is 0 Å². The molecule has 0 aliphatic carbocycles. The molecule has 0 N–H and O–H groups in total. The number of aryl methyl sites for hydroxylation is 2. The summed E-state index contributed by atoms with van der Waals surface area (Å²) in [6.45, 7) is 12.9. The average Bonchev–Trinajstić information content (AvgIpc) is 2.31. The van der Waals surface area contributed by atoms with Crippen LogP contribution in [0.1, 0.15) is 44.4 Å². The smallest absolute Gasteiger partial charge is 0.110 e. The third kappa shape index (κ3) is 2.95. The fraction of sp³-hybridized carbons (Fsp3) is 0.615. The Morgan fingerprint density at radius 1 is 1.33 bits per heavy atom. The molecule has 2 heteroatoms. The molecule has 0 aromatic carbocycles. The lowest BCUT2D eigenvalue weighted by molar-refractivity contribution is 0.642. The Morgan fingerprint density at radius 2 is 1.93 bits per heavy atom. The first-order valence-electron chi connectivity index (χ1n) is 5.61. The standard InChI is InChI=1S/C13H22N2/c1-9(2)7-10(3)8-15-12(5)11(4)14-13(15)6/h8-9H,7H2,1-6H3. The zero-order valence-corrected chi connectivity index (χ0v) is 10.8. The van der Waals surface area contributed by atoms with E-state index in [4.69, 9.17) is 0 Å². The first kappa shape index (κ1) is 12.0. The van der Waals surface area contributed by atoms with Crippen LogP contribution in [0.25, 0.3) is 6.20 Å². The van der Waals surface area contributed by atoms with Crippen molar-refractivity contribution in [3.8, 4) is 0 Å². The number of nitrogens with zero attached hydrogens (tertiary/aromatic N) is 2. The number of hydrogen-bond acceptors (Lipinski definition) is 1. The Bertz CT molecular complexity index is 370. The lowest BCUT2D eigenvalue weighted by Crippen LogP contribution is -1.96. The van der Waals surface area contributed by atoms with Gasteiger partial charge in [-0.25, -0.2) is 4.98 Å². The molecule has 0 aliphatic rings. The van der Waals surface area contributed by atoms with E-state index < -0.39 is 0 Å². The molecular weight excluding hydrogens is 184 g/mol. The summed E-state index contributed by atoms with van der Waals surface area (Å²) in [6.07, 6.45) is 3.36. The molecule has 1 aromatic rings. The van der Waals surface area contributed by atoms with Crippen LogP contribution in [0.3, 0.4) is 0 Å². The second-order valence-corrected chi connectivity index (χ2v) is 4.77. The number of aromatic nitrogens is 2. The molecule has 1 rings (SSSR count). The van der Waals surface area contributed by atoms with Gasteiger partial charge < -0.3 is 4.57 Å². The van der Waals surface area contributed by atoms with E-state index >= 15 is 0 Å². The Labute approximate surface area is 93.0 Å². The number of hydrogen-bond donors (Lipinski definition) is 0. The topological polar surface area (TPSA) is 17.8 Å². The van der Waals surface area contributed by atoms with Crippen LogP contribution < -0.4 is 0 Å². The molecule has 0 atom stereocenters. The van der Waals surface area contributed by atoms with Gasteiger partial charge in [0.05, 0.1) is 5.69 Å². The maximum absolute atomic E-state index is 4.46. The minimum absolute atomic E-state index is 0.714. The van der Waals surface area contributed by atoms with Gasteiger partial charge in [-0.15, -0.1) is 0 Å². The molecule has 0 saturated heterocycles. The van der Waals surface area contributed by atoms with Crippen LogP contribution in [0.15, 0.2) is 5.57 Å². The summed E-state index contributed by atoms with van der Waals surface area (Å²) in [6, 6.07) is 0. The molecule has 0 bridgehead atoms. The highest BCUT2D eigenvalue weighted by Gasteiger charge is 2.05. The van der Waals surface area contributed by atoms with Gasteiger partial charge in [0.15, 0.2) is 0 Å². The predicted octanol–water partition coefficient (Wildman–Crippen LogP) is 3.72. The molecule has 0 aliphatic heterocycles. The van der Waals surface area contributed by atoms with E-state index in [1.807, 2.05) is 0 Å². The van der Waals surface area contributed by atoms with E-state index in [1.165, 1.54) is 11.3 Å². The van der Waals surface area contributed by atoms with Gasteiger partial charge in [-0.3, -0.25) is 0 Å². The van der Waals surface area contributed by atoms with Gasteiger partial charge in [0.2, 0.25) is 0 Å². The van der Waals surface area contributed by atoms with Crippen LogP contribution in [-0.4, -0.2) is 9.55 Å². The first-order chi connectivity index (χ1) is 6.91. The Hall–Kier alpha value is -1.05. The van der Waals surface area contributed by atoms with Crippen molar-refractivity contribution >= 4 is 6.20 Å². The summed E-state index contributed by atoms with van der Waals surface area (Å²) in [7, 11) is 0. The second-order valence-electron chi connectivity index (χ2n) is 4.77. The Morgan fingerprint density at radius 3 is 2.33 bits per heavy atom. The van der Waals surface area contributed by atoms with E-state index in [0.717, 1.165) is 17.9 Å². The monoisotopic (exact) mass is 206 g/mol. The summed E-state index contributed by atoms with van der Waals surface area (Å²) in [4.78, 5) is 4.46. The van der Waals surface area contributed by atoms with Crippen molar-refractivity contribution in [2.75, 3.05) is 0 Å². The van der Waals surface area contributed by atoms with Crippen LogP contribution in [0.4, 0.5) is 0 Å². The van der Waals surface area contributed by atoms with Crippen molar-refractivity contribution in [1.82, 2.24) is 9.55 Å². The SMILES string of the molecule is CC(=Cn1c(C)nc(C)c1C)CC(C)C. The third-order valence-corrected chi connectivity index (χ3v) is 2.64. The molecule has 0 amide bonds. The van der Waals surface area contributed by atoms with Crippen LogP contribution in [0.5, 0.6) is 0 Å². The highest BCUT2D eigenvalue weighted by atomic mass is 15.1. The van der Waals surface area contributed by atoms with Crippen LogP contribution in [-0.2, 0) is 0 Å². The number of rotatable bonds is 3.